The zero-order chi connectivity index (χ0) is 10.7. The lowest BCUT2D eigenvalue weighted by Gasteiger charge is -2.10. The summed E-state index contributed by atoms with van der Waals surface area (Å²) in [5, 5.41) is 12.6. The number of nitrogens with zero attached hydrogens (tertiary/aromatic N) is 2. The maximum absolute atomic E-state index is 4.10. The molecule has 2 aromatic rings. The van der Waals surface area contributed by atoms with Crippen molar-refractivity contribution in [2.45, 2.75) is 19.4 Å². The van der Waals surface area contributed by atoms with E-state index in [1.165, 1.54) is 10.9 Å². The van der Waals surface area contributed by atoms with Gasteiger partial charge in [-0.2, -0.15) is 10.2 Å². The van der Waals surface area contributed by atoms with Crippen molar-refractivity contribution in [2.24, 2.45) is 0 Å². The van der Waals surface area contributed by atoms with Crippen LogP contribution in [0.4, 0.5) is 0 Å². The maximum atomic E-state index is 4.10. The van der Waals surface area contributed by atoms with Gasteiger partial charge in [0.25, 0.3) is 0 Å². The minimum atomic E-state index is 0.456. The molecule has 1 N–H and O–H groups in total. The maximum Gasteiger partial charge on any atom is 0.0932 e. The molecule has 0 saturated heterocycles. The van der Waals surface area contributed by atoms with E-state index in [-0.39, 0.29) is 0 Å². The van der Waals surface area contributed by atoms with Crippen LogP contribution in [0.3, 0.4) is 0 Å². The molecule has 78 valence electrons. The van der Waals surface area contributed by atoms with Crippen molar-refractivity contribution in [2.75, 3.05) is 7.05 Å². The van der Waals surface area contributed by atoms with E-state index in [2.05, 4.69) is 28.5 Å². The number of nitrogens with one attached hydrogen (secondary N) is 1. The first kappa shape index (κ1) is 10.1. The first-order valence-corrected chi connectivity index (χ1v) is 5.18. The molecule has 1 aromatic heterocycles. The first-order chi connectivity index (χ1) is 7.31. The van der Waals surface area contributed by atoms with Gasteiger partial charge in [-0.3, -0.25) is 0 Å². The first-order valence-electron chi connectivity index (χ1n) is 5.18. The molecule has 0 radical (unpaired) electrons. The number of aromatic nitrogens is 2. The molecule has 0 aliphatic heterocycles. The molecule has 0 aliphatic carbocycles. The van der Waals surface area contributed by atoms with Crippen molar-refractivity contribution in [1.29, 1.82) is 0 Å². The van der Waals surface area contributed by atoms with Gasteiger partial charge in [0.2, 0.25) is 0 Å². The van der Waals surface area contributed by atoms with E-state index in [0.29, 0.717) is 6.04 Å². The summed E-state index contributed by atoms with van der Waals surface area (Å²) in [5.74, 6) is 0. The van der Waals surface area contributed by atoms with Gasteiger partial charge in [0, 0.05) is 11.4 Å². The Morgan fingerprint density at radius 1 is 1.33 bits per heavy atom. The predicted octanol–water partition coefficient (Wildman–Crippen LogP) is 1.78. The molecule has 1 heterocycles. The molecule has 0 spiro atoms. The lowest BCUT2D eigenvalue weighted by Crippen LogP contribution is -2.23. The van der Waals surface area contributed by atoms with Crippen molar-refractivity contribution in [1.82, 2.24) is 15.5 Å². The molecular formula is C12H15N3. The molecule has 15 heavy (non-hydrogen) atoms. The lowest BCUT2D eigenvalue weighted by molar-refractivity contribution is 0.609. The van der Waals surface area contributed by atoms with Crippen LogP contribution in [0.5, 0.6) is 0 Å². The van der Waals surface area contributed by atoms with Gasteiger partial charge in [0.05, 0.1) is 11.7 Å². The Labute approximate surface area is 89.5 Å². The summed E-state index contributed by atoms with van der Waals surface area (Å²) in [7, 11) is 1.97. The Morgan fingerprint density at radius 3 is 2.93 bits per heavy atom. The normalized spacial score (nSPS) is 12.9. The van der Waals surface area contributed by atoms with Crippen LogP contribution in [-0.4, -0.2) is 23.3 Å². The Bertz CT molecular complexity index is 448. The Kier molecular flexibility index (Phi) is 2.92. The van der Waals surface area contributed by atoms with E-state index >= 15 is 0 Å². The fraction of sp³-hybridized carbons (Fsp3) is 0.333. The van der Waals surface area contributed by atoms with Gasteiger partial charge in [-0.15, -0.1) is 0 Å². The fourth-order valence-electron chi connectivity index (χ4n) is 1.66. The average Bonchev–Trinajstić information content (AvgIpc) is 2.29. The van der Waals surface area contributed by atoms with E-state index < -0.39 is 0 Å². The molecule has 3 nitrogen and oxygen atoms in total. The van der Waals surface area contributed by atoms with Gasteiger partial charge in [0.1, 0.15) is 0 Å². The molecule has 0 aliphatic rings. The summed E-state index contributed by atoms with van der Waals surface area (Å²) < 4.78 is 0. The molecule has 2 rings (SSSR count). The van der Waals surface area contributed by atoms with Crippen LogP contribution in [0.25, 0.3) is 10.9 Å². The van der Waals surface area contributed by atoms with Crippen LogP contribution in [0.15, 0.2) is 30.5 Å². The Morgan fingerprint density at radius 2 is 2.13 bits per heavy atom. The van der Waals surface area contributed by atoms with Crippen molar-refractivity contribution < 1.29 is 0 Å². The quantitative estimate of drug-likeness (QED) is 0.822. The van der Waals surface area contributed by atoms with E-state index in [0.717, 1.165) is 11.9 Å². The highest BCUT2D eigenvalue weighted by molar-refractivity contribution is 5.81. The molecule has 0 bridgehead atoms. The topological polar surface area (TPSA) is 37.8 Å². The number of hydrogen-bond donors (Lipinski definition) is 1. The second kappa shape index (κ2) is 4.36. The van der Waals surface area contributed by atoms with Gasteiger partial charge in [-0.25, -0.2) is 0 Å². The molecule has 1 aromatic carbocycles. The monoisotopic (exact) mass is 201 g/mol. The Balaban J connectivity index is 2.42. The number of likely N-dealkylation sites (N-methyl/N-ethyl adjacent to an activating group) is 1. The second-order valence-corrected chi connectivity index (χ2v) is 3.78. The third kappa shape index (κ3) is 2.13. The van der Waals surface area contributed by atoms with Crippen LogP contribution in [-0.2, 0) is 6.42 Å². The largest absolute Gasteiger partial charge is 0.317 e. The molecule has 0 fully saturated rings. The fourth-order valence-corrected chi connectivity index (χ4v) is 1.66. The molecule has 0 saturated carbocycles. The summed E-state index contributed by atoms with van der Waals surface area (Å²) >= 11 is 0. The van der Waals surface area contributed by atoms with Gasteiger partial charge >= 0.3 is 0 Å². The standard InChI is InChI=1S/C12H15N3/c1-9(13-2)7-10-8-14-15-12-6-4-3-5-11(10)12/h3-6,8-9,13H,7H2,1-2H3. The van der Waals surface area contributed by atoms with Gasteiger partial charge < -0.3 is 5.32 Å². The number of hydrogen-bond acceptors (Lipinski definition) is 3. The van der Waals surface area contributed by atoms with Crippen molar-refractivity contribution in [3.8, 4) is 0 Å². The lowest BCUT2D eigenvalue weighted by atomic mass is 10.0. The Hall–Kier alpha value is -1.48. The zero-order valence-corrected chi connectivity index (χ0v) is 9.07. The highest BCUT2D eigenvalue weighted by Crippen LogP contribution is 2.16. The van der Waals surface area contributed by atoms with Gasteiger partial charge in [-0.05, 0) is 32.0 Å². The molecule has 1 atom stereocenters. The molecule has 1 unspecified atom stereocenters. The number of benzene rings is 1. The van der Waals surface area contributed by atoms with E-state index in [9.17, 15) is 0 Å². The smallest absolute Gasteiger partial charge is 0.0932 e. The van der Waals surface area contributed by atoms with Crippen molar-refractivity contribution in [3.05, 3.63) is 36.0 Å². The van der Waals surface area contributed by atoms with Crippen molar-refractivity contribution >= 4 is 10.9 Å². The van der Waals surface area contributed by atoms with E-state index in [1.807, 2.05) is 31.4 Å². The van der Waals surface area contributed by atoms with Gasteiger partial charge in [0.15, 0.2) is 0 Å². The van der Waals surface area contributed by atoms with Crippen molar-refractivity contribution in [3.63, 3.8) is 0 Å². The summed E-state index contributed by atoms with van der Waals surface area (Å²) in [6, 6.07) is 8.58. The minimum Gasteiger partial charge on any atom is -0.317 e. The van der Waals surface area contributed by atoms with E-state index in [1.54, 1.807) is 0 Å². The highest BCUT2D eigenvalue weighted by atomic mass is 15.1. The summed E-state index contributed by atoms with van der Waals surface area (Å²) in [5.41, 5.74) is 2.22. The third-order valence-electron chi connectivity index (χ3n) is 2.65. The molecule has 3 heteroatoms. The van der Waals surface area contributed by atoms with Crippen LogP contribution in [0, 0.1) is 0 Å². The van der Waals surface area contributed by atoms with Crippen LogP contribution in [0.1, 0.15) is 12.5 Å². The van der Waals surface area contributed by atoms with Crippen LogP contribution in [0.2, 0.25) is 0 Å². The minimum absolute atomic E-state index is 0.456. The SMILES string of the molecule is CNC(C)Cc1cnnc2ccccc12. The van der Waals surface area contributed by atoms with Crippen LogP contribution < -0.4 is 5.32 Å². The summed E-state index contributed by atoms with van der Waals surface area (Å²) in [4.78, 5) is 0. The summed E-state index contributed by atoms with van der Waals surface area (Å²) in [6.45, 7) is 2.16. The van der Waals surface area contributed by atoms with Gasteiger partial charge in [-0.1, -0.05) is 18.2 Å². The number of rotatable bonds is 3. The third-order valence-corrected chi connectivity index (χ3v) is 2.65. The molecular weight excluding hydrogens is 186 g/mol. The average molecular weight is 201 g/mol. The molecule has 0 amide bonds. The van der Waals surface area contributed by atoms with E-state index in [4.69, 9.17) is 0 Å². The predicted molar refractivity (Wildman–Crippen MR) is 61.8 cm³/mol. The zero-order valence-electron chi connectivity index (χ0n) is 9.07. The second-order valence-electron chi connectivity index (χ2n) is 3.78. The summed E-state index contributed by atoms with van der Waals surface area (Å²) in [6.07, 6.45) is 2.84. The highest BCUT2D eigenvalue weighted by Gasteiger charge is 2.05. The van der Waals surface area contributed by atoms with Crippen LogP contribution >= 0.6 is 0 Å². The number of fused-ring (bicyclic) bond motifs is 1.